The fourth-order valence-corrected chi connectivity index (χ4v) is 2.90. The number of amides is 1. The van der Waals surface area contributed by atoms with Gasteiger partial charge < -0.3 is 15.0 Å². The third kappa shape index (κ3) is 5.37. The van der Waals surface area contributed by atoms with Crippen LogP contribution in [0.1, 0.15) is 23.2 Å². The van der Waals surface area contributed by atoms with Crippen molar-refractivity contribution in [3.8, 4) is 5.75 Å². The van der Waals surface area contributed by atoms with E-state index in [-0.39, 0.29) is 18.5 Å². The molecule has 8 heteroatoms. The van der Waals surface area contributed by atoms with E-state index in [1.165, 1.54) is 0 Å². The quantitative estimate of drug-likeness (QED) is 0.834. The van der Waals surface area contributed by atoms with Crippen molar-refractivity contribution in [3.63, 3.8) is 0 Å². The molecule has 2 aromatic rings. The van der Waals surface area contributed by atoms with Crippen LogP contribution in [-0.4, -0.2) is 37.0 Å². The minimum atomic E-state index is -1.25. The van der Waals surface area contributed by atoms with Gasteiger partial charge in [0, 0.05) is 37.0 Å². The number of anilines is 1. The number of piperidine rings is 1. The average Bonchev–Trinajstić information content (AvgIpc) is 2.56. The first-order valence-electron chi connectivity index (χ1n) is 8.33. The molecule has 0 radical (unpaired) electrons. The summed E-state index contributed by atoms with van der Waals surface area (Å²) < 4.78 is 46.3. The van der Waals surface area contributed by atoms with E-state index in [9.17, 15) is 18.0 Å². The largest absolute Gasteiger partial charge is 0.490 e. The van der Waals surface area contributed by atoms with Gasteiger partial charge in [-0.3, -0.25) is 4.79 Å². The summed E-state index contributed by atoms with van der Waals surface area (Å²) in [4.78, 5) is 14.4. The molecule has 1 saturated heterocycles. The molecule has 1 amide bonds. The Bertz CT molecular complexity index is 788. The van der Waals surface area contributed by atoms with Crippen LogP contribution >= 0.6 is 12.4 Å². The van der Waals surface area contributed by atoms with Gasteiger partial charge in [0.05, 0.1) is 0 Å². The number of nitrogens with zero attached hydrogens (tertiary/aromatic N) is 1. The minimum Gasteiger partial charge on any atom is -0.490 e. The zero-order valence-corrected chi connectivity index (χ0v) is 15.5. The van der Waals surface area contributed by atoms with Gasteiger partial charge in [0.15, 0.2) is 0 Å². The maximum atomic E-state index is 13.7. The standard InChI is InChI=1S/C19H19F3N2O2.ClH/c1-24-7-5-14(6-8-24)26-15-4-2-3-13(11-15)23-19(25)18-16(21)9-12(20)10-17(18)22;/h2-4,9-11,14H,5-8H2,1H3,(H,23,25);1H. The van der Waals surface area contributed by atoms with Crippen LogP contribution in [0.25, 0.3) is 0 Å². The third-order valence-corrected chi connectivity index (χ3v) is 4.29. The van der Waals surface area contributed by atoms with Crippen LogP contribution in [0, 0.1) is 17.5 Å². The highest BCUT2D eigenvalue weighted by atomic mass is 35.5. The number of nitrogens with one attached hydrogen (secondary N) is 1. The molecule has 1 N–H and O–H groups in total. The molecular formula is C19H20ClF3N2O2. The molecule has 0 aliphatic carbocycles. The molecule has 27 heavy (non-hydrogen) atoms. The zero-order valence-electron chi connectivity index (χ0n) is 14.7. The van der Waals surface area contributed by atoms with Crippen molar-refractivity contribution in [1.29, 1.82) is 0 Å². The zero-order chi connectivity index (χ0) is 18.7. The topological polar surface area (TPSA) is 41.6 Å². The molecule has 2 aromatic carbocycles. The van der Waals surface area contributed by atoms with E-state index in [0.29, 0.717) is 23.6 Å². The number of hydrogen-bond donors (Lipinski definition) is 1. The molecule has 0 aromatic heterocycles. The predicted octanol–water partition coefficient (Wildman–Crippen LogP) is 4.25. The second-order valence-corrected chi connectivity index (χ2v) is 6.35. The van der Waals surface area contributed by atoms with Crippen molar-refractivity contribution < 1.29 is 22.7 Å². The Hall–Kier alpha value is -2.25. The number of benzene rings is 2. The van der Waals surface area contributed by atoms with Gasteiger partial charge in [-0.1, -0.05) is 6.07 Å². The first-order valence-corrected chi connectivity index (χ1v) is 8.33. The first kappa shape index (κ1) is 21.1. The molecule has 0 spiro atoms. The summed E-state index contributed by atoms with van der Waals surface area (Å²) in [5, 5.41) is 2.41. The summed E-state index contributed by atoms with van der Waals surface area (Å²) in [7, 11) is 2.06. The average molecular weight is 401 g/mol. The van der Waals surface area contributed by atoms with Crippen molar-refractivity contribution >= 4 is 24.0 Å². The van der Waals surface area contributed by atoms with E-state index in [0.717, 1.165) is 25.9 Å². The lowest BCUT2D eigenvalue weighted by Gasteiger charge is -2.29. The van der Waals surface area contributed by atoms with E-state index in [1.807, 2.05) is 0 Å². The van der Waals surface area contributed by atoms with Gasteiger partial charge in [0.2, 0.25) is 0 Å². The molecule has 1 aliphatic heterocycles. The fourth-order valence-electron chi connectivity index (χ4n) is 2.90. The fraction of sp³-hybridized carbons (Fsp3) is 0.316. The maximum Gasteiger partial charge on any atom is 0.261 e. The van der Waals surface area contributed by atoms with Gasteiger partial charge in [-0.25, -0.2) is 13.2 Å². The van der Waals surface area contributed by atoms with Crippen LogP contribution in [0.4, 0.5) is 18.9 Å². The lowest BCUT2D eigenvalue weighted by Crippen LogP contribution is -2.35. The van der Waals surface area contributed by atoms with Crippen molar-refractivity contribution in [3.05, 3.63) is 59.4 Å². The number of carbonyl (C=O) groups excluding carboxylic acids is 1. The van der Waals surface area contributed by atoms with Gasteiger partial charge in [-0.2, -0.15) is 0 Å². The number of ether oxygens (including phenoxy) is 1. The summed E-state index contributed by atoms with van der Waals surface area (Å²) in [5.74, 6) is -4.00. The monoisotopic (exact) mass is 400 g/mol. The van der Waals surface area contributed by atoms with Crippen molar-refractivity contribution in [2.75, 3.05) is 25.5 Å². The Morgan fingerprint density at radius 2 is 1.74 bits per heavy atom. The van der Waals surface area contributed by atoms with E-state index in [1.54, 1.807) is 24.3 Å². The van der Waals surface area contributed by atoms with Crippen molar-refractivity contribution in [1.82, 2.24) is 4.90 Å². The van der Waals surface area contributed by atoms with E-state index in [4.69, 9.17) is 4.74 Å². The van der Waals surface area contributed by atoms with Crippen LogP contribution in [0.5, 0.6) is 5.75 Å². The van der Waals surface area contributed by atoms with Gasteiger partial charge in [-0.15, -0.1) is 12.4 Å². The van der Waals surface area contributed by atoms with Gasteiger partial charge in [0.25, 0.3) is 5.91 Å². The molecular weight excluding hydrogens is 381 g/mol. The number of halogens is 4. The minimum absolute atomic E-state index is 0. The number of hydrogen-bond acceptors (Lipinski definition) is 3. The van der Waals surface area contributed by atoms with Crippen LogP contribution in [0.3, 0.4) is 0 Å². The SMILES string of the molecule is CN1CCC(Oc2cccc(NC(=O)c3c(F)cc(F)cc3F)c2)CC1.Cl. The molecule has 0 unspecified atom stereocenters. The molecule has 146 valence electrons. The Labute approximate surface area is 161 Å². The van der Waals surface area contributed by atoms with Gasteiger partial charge in [-0.05, 0) is 32.0 Å². The summed E-state index contributed by atoms with van der Waals surface area (Å²) in [5.41, 5.74) is -0.489. The van der Waals surface area contributed by atoms with Crippen LogP contribution in [0.15, 0.2) is 36.4 Å². The number of carbonyl (C=O) groups is 1. The van der Waals surface area contributed by atoms with E-state index >= 15 is 0 Å². The number of likely N-dealkylation sites (tertiary alicyclic amines) is 1. The summed E-state index contributed by atoms with van der Waals surface area (Å²) in [6.07, 6.45) is 1.89. The highest BCUT2D eigenvalue weighted by molar-refractivity contribution is 6.04. The number of rotatable bonds is 4. The molecule has 3 rings (SSSR count). The molecule has 0 saturated carbocycles. The Morgan fingerprint density at radius 1 is 1.11 bits per heavy atom. The highest BCUT2D eigenvalue weighted by Crippen LogP contribution is 2.23. The van der Waals surface area contributed by atoms with Crippen molar-refractivity contribution in [2.24, 2.45) is 0 Å². The predicted molar refractivity (Wildman–Crippen MR) is 99.1 cm³/mol. The normalized spacial score (nSPS) is 15.1. The van der Waals surface area contributed by atoms with E-state index < -0.39 is 28.9 Å². The first-order chi connectivity index (χ1) is 12.4. The Kier molecular flexibility index (Phi) is 7.10. The lowest BCUT2D eigenvalue weighted by atomic mass is 10.1. The van der Waals surface area contributed by atoms with E-state index in [2.05, 4.69) is 17.3 Å². The second-order valence-electron chi connectivity index (χ2n) is 6.35. The molecule has 1 fully saturated rings. The second kappa shape index (κ2) is 9.10. The van der Waals surface area contributed by atoms with Gasteiger partial charge in [0.1, 0.15) is 34.9 Å². The smallest absolute Gasteiger partial charge is 0.261 e. The van der Waals surface area contributed by atoms with Crippen LogP contribution < -0.4 is 10.1 Å². The molecule has 0 bridgehead atoms. The molecule has 4 nitrogen and oxygen atoms in total. The summed E-state index contributed by atoms with van der Waals surface area (Å²) in [6.45, 7) is 1.90. The highest BCUT2D eigenvalue weighted by Gasteiger charge is 2.20. The van der Waals surface area contributed by atoms with Crippen LogP contribution in [-0.2, 0) is 0 Å². The summed E-state index contributed by atoms with van der Waals surface area (Å²) in [6, 6.07) is 7.55. The Balaban J connectivity index is 0.00000261. The van der Waals surface area contributed by atoms with Crippen LogP contribution in [0.2, 0.25) is 0 Å². The molecule has 1 aliphatic rings. The summed E-state index contributed by atoms with van der Waals surface area (Å²) >= 11 is 0. The Morgan fingerprint density at radius 3 is 2.37 bits per heavy atom. The third-order valence-electron chi connectivity index (χ3n) is 4.29. The maximum absolute atomic E-state index is 13.7. The van der Waals surface area contributed by atoms with Crippen molar-refractivity contribution in [2.45, 2.75) is 18.9 Å². The lowest BCUT2D eigenvalue weighted by molar-refractivity contribution is 0.101. The molecule has 1 heterocycles. The molecule has 0 atom stereocenters. The van der Waals surface area contributed by atoms with Gasteiger partial charge >= 0.3 is 0 Å².